The van der Waals surface area contributed by atoms with Crippen LogP contribution in [-0.2, 0) is 22.6 Å². The average Bonchev–Trinajstić information content (AvgIpc) is 2.57. The van der Waals surface area contributed by atoms with Crippen molar-refractivity contribution >= 4 is 23.4 Å². The monoisotopic (exact) mass is 345 g/mol. The molecule has 0 atom stereocenters. The summed E-state index contributed by atoms with van der Waals surface area (Å²) in [6, 6.07) is 13.0. The SMILES string of the molecule is CC(=O)N(CCc1cccc(Cl)c1)CC(=O)NCc1ccccn1. The predicted molar refractivity (Wildman–Crippen MR) is 93.5 cm³/mol. The summed E-state index contributed by atoms with van der Waals surface area (Å²) in [5.41, 5.74) is 1.81. The van der Waals surface area contributed by atoms with Crippen molar-refractivity contribution < 1.29 is 9.59 Å². The van der Waals surface area contributed by atoms with E-state index in [2.05, 4.69) is 10.3 Å². The van der Waals surface area contributed by atoms with Crippen molar-refractivity contribution in [2.24, 2.45) is 0 Å². The smallest absolute Gasteiger partial charge is 0.239 e. The highest BCUT2D eigenvalue weighted by Crippen LogP contribution is 2.11. The van der Waals surface area contributed by atoms with Gasteiger partial charge in [-0.1, -0.05) is 29.8 Å². The molecule has 1 aromatic heterocycles. The van der Waals surface area contributed by atoms with Gasteiger partial charge in [0, 0.05) is 24.7 Å². The summed E-state index contributed by atoms with van der Waals surface area (Å²) < 4.78 is 0. The Kier molecular flexibility index (Phi) is 6.75. The minimum Gasteiger partial charge on any atom is -0.349 e. The Morgan fingerprint density at radius 2 is 2.04 bits per heavy atom. The Morgan fingerprint density at radius 1 is 1.21 bits per heavy atom. The Labute approximate surface area is 146 Å². The fourth-order valence-electron chi connectivity index (χ4n) is 2.23. The summed E-state index contributed by atoms with van der Waals surface area (Å²) in [5, 5.41) is 3.44. The second kappa shape index (κ2) is 9.03. The van der Waals surface area contributed by atoms with E-state index in [-0.39, 0.29) is 18.4 Å². The number of rotatable bonds is 7. The quantitative estimate of drug-likeness (QED) is 0.838. The molecular formula is C18H20ClN3O2. The minimum atomic E-state index is -0.207. The highest BCUT2D eigenvalue weighted by Gasteiger charge is 2.13. The Morgan fingerprint density at radius 3 is 2.71 bits per heavy atom. The summed E-state index contributed by atoms with van der Waals surface area (Å²) >= 11 is 5.96. The molecule has 2 aromatic rings. The van der Waals surface area contributed by atoms with Gasteiger partial charge in [0.1, 0.15) is 0 Å². The number of hydrogen-bond acceptors (Lipinski definition) is 3. The van der Waals surface area contributed by atoms with Gasteiger partial charge in [0.25, 0.3) is 0 Å². The largest absolute Gasteiger partial charge is 0.349 e. The molecule has 6 heteroatoms. The van der Waals surface area contributed by atoms with E-state index in [1.165, 1.54) is 11.8 Å². The molecule has 0 fully saturated rings. The van der Waals surface area contributed by atoms with Crippen molar-refractivity contribution in [1.82, 2.24) is 15.2 Å². The zero-order chi connectivity index (χ0) is 17.4. The fraction of sp³-hybridized carbons (Fsp3) is 0.278. The molecule has 2 amide bonds. The zero-order valence-electron chi connectivity index (χ0n) is 13.5. The Bertz CT molecular complexity index is 692. The summed E-state index contributed by atoms with van der Waals surface area (Å²) in [4.78, 5) is 29.5. The van der Waals surface area contributed by atoms with Crippen LogP contribution in [0.15, 0.2) is 48.7 Å². The average molecular weight is 346 g/mol. The third-order valence-electron chi connectivity index (χ3n) is 3.53. The maximum absolute atomic E-state index is 12.0. The highest BCUT2D eigenvalue weighted by atomic mass is 35.5. The normalized spacial score (nSPS) is 10.2. The second-order valence-corrected chi connectivity index (χ2v) is 5.85. The van der Waals surface area contributed by atoms with Crippen molar-refractivity contribution in [3.8, 4) is 0 Å². The van der Waals surface area contributed by atoms with Gasteiger partial charge in [-0.2, -0.15) is 0 Å². The molecule has 0 aliphatic carbocycles. The molecule has 0 saturated carbocycles. The van der Waals surface area contributed by atoms with Gasteiger partial charge >= 0.3 is 0 Å². The van der Waals surface area contributed by atoms with Gasteiger partial charge in [-0.15, -0.1) is 0 Å². The molecule has 0 bridgehead atoms. The number of carbonyl (C=O) groups is 2. The van der Waals surface area contributed by atoms with Crippen LogP contribution < -0.4 is 5.32 Å². The number of carbonyl (C=O) groups excluding carboxylic acids is 2. The van der Waals surface area contributed by atoms with E-state index in [1.807, 2.05) is 36.4 Å². The van der Waals surface area contributed by atoms with Gasteiger partial charge in [0.15, 0.2) is 0 Å². The number of benzene rings is 1. The lowest BCUT2D eigenvalue weighted by molar-refractivity contribution is -0.134. The van der Waals surface area contributed by atoms with Crippen LogP contribution in [0.2, 0.25) is 5.02 Å². The van der Waals surface area contributed by atoms with Gasteiger partial charge in [-0.25, -0.2) is 0 Å². The number of pyridine rings is 1. The van der Waals surface area contributed by atoms with Crippen LogP contribution in [0, 0.1) is 0 Å². The maximum Gasteiger partial charge on any atom is 0.239 e. The first-order valence-electron chi connectivity index (χ1n) is 7.71. The molecule has 0 spiro atoms. The van der Waals surface area contributed by atoms with Crippen LogP contribution in [0.25, 0.3) is 0 Å². The molecule has 126 valence electrons. The third-order valence-corrected chi connectivity index (χ3v) is 3.77. The third kappa shape index (κ3) is 6.01. The molecular weight excluding hydrogens is 326 g/mol. The van der Waals surface area contributed by atoms with Crippen molar-refractivity contribution in [3.63, 3.8) is 0 Å². The fourth-order valence-corrected chi connectivity index (χ4v) is 2.44. The molecule has 24 heavy (non-hydrogen) atoms. The van der Waals surface area contributed by atoms with Crippen molar-refractivity contribution in [1.29, 1.82) is 0 Å². The summed E-state index contributed by atoms with van der Waals surface area (Å²) in [7, 11) is 0. The first-order valence-corrected chi connectivity index (χ1v) is 8.09. The van der Waals surface area contributed by atoms with Gasteiger partial charge in [-0.3, -0.25) is 14.6 Å². The van der Waals surface area contributed by atoms with Gasteiger partial charge < -0.3 is 10.2 Å². The first kappa shape index (κ1) is 17.9. The van der Waals surface area contributed by atoms with Crippen molar-refractivity contribution in [2.75, 3.05) is 13.1 Å². The molecule has 5 nitrogen and oxygen atoms in total. The number of aromatic nitrogens is 1. The molecule has 0 saturated heterocycles. The number of nitrogens with zero attached hydrogens (tertiary/aromatic N) is 2. The lowest BCUT2D eigenvalue weighted by atomic mass is 10.1. The molecule has 0 radical (unpaired) electrons. The van der Waals surface area contributed by atoms with Crippen LogP contribution in [0.5, 0.6) is 0 Å². The highest BCUT2D eigenvalue weighted by molar-refractivity contribution is 6.30. The van der Waals surface area contributed by atoms with Crippen LogP contribution in [0.4, 0.5) is 0 Å². The van der Waals surface area contributed by atoms with Crippen molar-refractivity contribution in [2.45, 2.75) is 19.9 Å². The Balaban J connectivity index is 1.84. The lowest BCUT2D eigenvalue weighted by Crippen LogP contribution is -2.40. The van der Waals surface area contributed by atoms with Crippen LogP contribution in [-0.4, -0.2) is 34.8 Å². The Hall–Kier alpha value is -2.40. The van der Waals surface area contributed by atoms with Crippen LogP contribution in [0.3, 0.4) is 0 Å². The van der Waals surface area contributed by atoms with Gasteiger partial charge in [-0.05, 0) is 36.2 Å². The van der Waals surface area contributed by atoms with Gasteiger partial charge in [0.05, 0.1) is 18.8 Å². The van der Waals surface area contributed by atoms with E-state index >= 15 is 0 Å². The molecule has 1 heterocycles. The standard InChI is InChI=1S/C18H20ClN3O2/c1-14(23)22(10-8-15-5-4-6-16(19)11-15)13-18(24)21-12-17-7-2-3-9-20-17/h2-7,9,11H,8,10,12-13H2,1H3,(H,21,24). The molecule has 1 N–H and O–H groups in total. The van der Waals surface area contributed by atoms with E-state index in [1.54, 1.807) is 12.3 Å². The topological polar surface area (TPSA) is 62.3 Å². The number of halogens is 1. The number of nitrogens with one attached hydrogen (secondary N) is 1. The van der Waals surface area contributed by atoms with E-state index in [0.717, 1.165) is 11.3 Å². The maximum atomic E-state index is 12.0. The minimum absolute atomic E-state index is 0.0305. The lowest BCUT2D eigenvalue weighted by Gasteiger charge is -2.20. The zero-order valence-corrected chi connectivity index (χ0v) is 14.3. The summed E-state index contributed by atoms with van der Waals surface area (Å²) in [6.45, 7) is 2.30. The number of amides is 2. The molecule has 1 aromatic carbocycles. The second-order valence-electron chi connectivity index (χ2n) is 5.42. The van der Waals surface area contributed by atoms with Crippen LogP contribution >= 0.6 is 11.6 Å². The van der Waals surface area contributed by atoms with E-state index in [0.29, 0.717) is 24.5 Å². The van der Waals surface area contributed by atoms with Crippen LogP contribution in [0.1, 0.15) is 18.2 Å². The van der Waals surface area contributed by atoms with E-state index in [9.17, 15) is 9.59 Å². The first-order chi connectivity index (χ1) is 11.5. The molecule has 0 unspecified atom stereocenters. The van der Waals surface area contributed by atoms with E-state index in [4.69, 9.17) is 11.6 Å². The molecule has 0 aliphatic heterocycles. The molecule has 2 rings (SSSR count). The van der Waals surface area contributed by atoms with E-state index < -0.39 is 0 Å². The predicted octanol–water partition coefficient (Wildman–Crippen LogP) is 2.44. The van der Waals surface area contributed by atoms with Gasteiger partial charge in [0.2, 0.25) is 11.8 Å². The summed E-state index contributed by atoms with van der Waals surface area (Å²) in [5.74, 6) is -0.341. The number of hydrogen-bond donors (Lipinski definition) is 1. The molecule has 0 aliphatic rings. The van der Waals surface area contributed by atoms with Crippen molar-refractivity contribution in [3.05, 3.63) is 64.9 Å². The summed E-state index contributed by atoms with van der Waals surface area (Å²) in [6.07, 6.45) is 2.32.